The predicted molar refractivity (Wildman–Crippen MR) is 90.1 cm³/mol. The SMILES string of the molecule is O=C(O)CCCCCCCCCc1ccc2c(c1)CCNC2. The van der Waals surface area contributed by atoms with Crippen LogP contribution in [0.1, 0.15) is 68.1 Å². The fourth-order valence-corrected chi connectivity index (χ4v) is 3.18. The van der Waals surface area contributed by atoms with Crippen LogP contribution in [0.25, 0.3) is 0 Å². The minimum atomic E-state index is -0.666. The Morgan fingerprint density at radius 2 is 1.73 bits per heavy atom. The van der Waals surface area contributed by atoms with Crippen molar-refractivity contribution in [3.8, 4) is 0 Å². The van der Waals surface area contributed by atoms with Crippen LogP contribution >= 0.6 is 0 Å². The Balaban J connectivity index is 1.53. The van der Waals surface area contributed by atoms with Crippen molar-refractivity contribution in [1.82, 2.24) is 5.32 Å². The molecule has 1 heterocycles. The van der Waals surface area contributed by atoms with Crippen molar-refractivity contribution in [2.24, 2.45) is 0 Å². The Bertz CT molecular complexity index is 471. The van der Waals surface area contributed by atoms with Crippen LogP contribution in [0.2, 0.25) is 0 Å². The van der Waals surface area contributed by atoms with Gasteiger partial charge in [0, 0.05) is 13.0 Å². The second-order valence-corrected chi connectivity index (χ2v) is 6.40. The van der Waals surface area contributed by atoms with Gasteiger partial charge in [-0.1, -0.05) is 50.3 Å². The molecule has 122 valence electrons. The molecule has 22 heavy (non-hydrogen) atoms. The normalized spacial score (nSPS) is 13.8. The van der Waals surface area contributed by atoms with Crippen LogP contribution in [-0.4, -0.2) is 17.6 Å². The van der Waals surface area contributed by atoms with E-state index in [2.05, 4.69) is 23.5 Å². The van der Waals surface area contributed by atoms with Gasteiger partial charge >= 0.3 is 5.97 Å². The van der Waals surface area contributed by atoms with E-state index in [9.17, 15) is 4.79 Å². The van der Waals surface area contributed by atoms with E-state index < -0.39 is 5.97 Å². The molecule has 0 aliphatic carbocycles. The Morgan fingerprint density at radius 3 is 2.50 bits per heavy atom. The standard InChI is InChI=1S/C19H29NO2/c21-19(22)9-7-5-3-1-2-4-6-8-16-10-11-18-15-20-13-12-17(18)14-16/h10-11,14,20H,1-9,12-13,15H2,(H,21,22). The minimum Gasteiger partial charge on any atom is -0.481 e. The molecule has 2 N–H and O–H groups in total. The maximum absolute atomic E-state index is 10.4. The van der Waals surface area contributed by atoms with Crippen molar-refractivity contribution in [2.75, 3.05) is 6.54 Å². The molecule has 0 saturated carbocycles. The molecule has 1 aliphatic rings. The summed E-state index contributed by atoms with van der Waals surface area (Å²) in [4.78, 5) is 10.4. The molecule has 0 atom stereocenters. The second kappa shape index (κ2) is 9.62. The molecule has 0 radical (unpaired) electrons. The highest BCUT2D eigenvalue weighted by Gasteiger charge is 2.08. The number of aliphatic carboxylic acids is 1. The van der Waals surface area contributed by atoms with E-state index in [-0.39, 0.29) is 0 Å². The highest BCUT2D eigenvalue weighted by Crippen LogP contribution is 2.18. The fraction of sp³-hybridized carbons (Fsp3) is 0.632. The molecule has 1 aromatic carbocycles. The average Bonchev–Trinajstić information content (AvgIpc) is 2.53. The van der Waals surface area contributed by atoms with Crippen molar-refractivity contribution < 1.29 is 9.90 Å². The molecule has 0 amide bonds. The average molecular weight is 303 g/mol. The summed E-state index contributed by atoms with van der Waals surface area (Å²) in [6.45, 7) is 2.13. The van der Waals surface area contributed by atoms with Crippen molar-refractivity contribution in [3.63, 3.8) is 0 Å². The van der Waals surface area contributed by atoms with Gasteiger partial charge in [-0.05, 0) is 48.9 Å². The Morgan fingerprint density at radius 1 is 1.00 bits per heavy atom. The zero-order valence-corrected chi connectivity index (χ0v) is 13.6. The molecular weight excluding hydrogens is 274 g/mol. The van der Waals surface area contributed by atoms with Crippen molar-refractivity contribution >= 4 is 5.97 Å². The quantitative estimate of drug-likeness (QED) is 0.640. The van der Waals surface area contributed by atoms with Gasteiger partial charge in [0.05, 0.1) is 0 Å². The first-order valence-electron chi connectivity index (χ1n) is 8.79. The molecule has 1 aromatic rings. The number of aryl methyl sites for hydroxylation is 1. The van der Waals surface area contributed by atoms with Crippen LogP contribution in [0.4, 0.5) is 0 Å². The van der Waals surface area contributed by atoms with E-state index in [1.165, 1.54) is 61.6 Å². The van der Waals surface area contributed by atoms with Crippen molar-refractivity contribution in [2.45, 2.75) is 70.8 Å². The number of carboxylic acid groups (broad SMARTS) is 1. The van der Waals surface area contributed by atoms with Gasteiger partial charge in [-0.15, -0.1) is 0 Å². The lowest BCUT2D eigenvalue weighted by molar-refractivity contribution is -0.137. The highest BCUT2D eigenvalue weighted by atomic mass is 16.4. The van der Waals surface area contributed by atoms with Crippen molar-refractivity contribution in [3.05, 3.63) is 34.9 Å². The van der Waals surface area contributed by atoms with Gasteiger partial charge in [-0.25, -0.2) is 0 Å². The van der Waals surface area contributed by atoms with Gasteiger partial charge in [0.25, 0.3) is 0 Å². The van der Waals surface area contributed by atoms with Crippen LogP contribution in [0.3, 0.4) is 0 Å². The number of carboxylic acids is 1. The zero-order chi connectivity index (χ0) is 15.6. The summed E-state index contributed by atoms with van der Waals surface area (Å²) in [5.41, 5.74) is 4.49. The number of nitrogens with one attached hydrogen (secondary N) is 1. The number of rotatable bonds is 10. The van der Waals surface area contributed by atoms with Crippen LogP contribution < -0.4 is 5.32 Å². The number of carbonyl (C=O) groups is 1. The largest absolute Gasteiger partial charge is 0.481 e. The number of hydrogen-bond acceptors (Lipinski definition) is 2. The van der Waals surface area contributed by atoms with E-state index in [1.807, 2.05) is 0 Å². The zero-order valence-electron chi connectivity index (χ0n) is 13.6. The third kappa shape index (κ3) is 6.18. The number of fused-ring (bicyclic) bond motifs is 1. The number of benzene rings is 1. The Hall–Kier alpha value is -1.35. The van der Waals surface area contributed by atoms with E-state index in [1.54, 1.807) is 0 Å². The molecular formula is C19H29NO2. The maximum atomic E-state index is 10.4. The summed E-state index contributed by atoms with van der Waals surface area (Å²) in [6, 6.07) is 6.99. The lowest BCUT2D eigenvalue weighted by Gasteiger charge is -2.17. The van der Waals surface area contributed by atoms with E-state index >= 15 is 0 Å². The highest BCUT2D eigenvalue weighted by molar-refractivity contribution is 5.66. The predicted octanol–water partition coefficient (Wildman–Crippen LogP) is 4.08. The molecule has 0 unspecified atom stereocenters. The van der Waals surface area contributed by atoms with Crippen LogP contribution in [-0.2, 0) is 24.2 Å². The molecule has 0 fully saturated rings. The molecule has 0 aromatic heterocycles. The third-order valence-electron chi connectivity index (χ3n) is 4.51. The second-order valence-electron chi connectivity index (χ2n) is 6.40. The van der Waals surface area contributed by atoms with Gasteiger partial charge in [0.2, 0.25) is 0 Å². The molecule has 3 nitrogen and oxygen atoms in total. The summed E-state index contributed by atoms with van der Waals surface area (Å²) >= 11 is 0. The summed E-state index contributed by atoms with van der Waals surface area (Å²) in [5, 5.41) is 12.0. The number of unbranched alkanes of at least 4 members (excludes halogenated alkanes) is 6. The van der Waals surface area contributed by atoms with Crippen LogP contribution in [0.5, 0.6) is 0 Å². The first-order valence-corrected chi connectivity index (χ1v) is 8.79. The van der Waals surface area contributed by atoms with E-state index in [4.69, 9.17) is 5.11 Å². The van der Waals surface area contributed by atoms with Gasteiger partial charge in [0.1, 0.15) is 0 Å². The molecule has 0 bridgehead atoms. The van der Waals surface area contributed by atoms with Crippen LogP contribution in [0, 0.1) is 0 Å². The lowest BCUT2D eigenvalue weighted by atomic mass is 9.96. The lowest BCUT2D eigenvalue weighted by Crippen LogP contribution is -2.23. The topological polar surface area (TPSA) is 49.3 Å². The van der Waals surface area contributed by atoms with Gasteiger partial charge in [-0.3, -0.25) is 4.79 Å². The molecule has 0 saturated heterocycles. The fourth-order valence-electron chi connectivity index (χ4n) is 3.18. The summed E-state index contributed by atoms with van der Waals surface area (Å²) in [6.07, 6.45) is 10.8. The summed E-state index contributed by atoms with van der Waals surface area (Å²) in [7, 11) is 0. The smallest absolute Gasteiger partial charge is 0.303 e. The molecule has 0 spiro atoms. The van der Waals surface area contributed by atoms with E-state index in [0.29, 0.717) is 6.42 Å². The van der Waals surface area contributed by atoms with E-state index in [0.717, 1.165) is 25.9 Å². The van der Waals surface area contributed by atoms with Crippen molar-refractivity contribution in [1.29, 1.82) is 0 Å². The summed E-state index contributed by atoms with van der Waals surface area (Å²) in [5.74, 6) is -0.666. The van der Waals surface area contributed by atoms with Gasteiger partial charge in [-0.2, -0.15) is 0 Å². The molecule has 2 rings (SSSR count). The third-order valence-corrected chi connectivity index (χ3v) is 4.51. The Kier molecular flexibility index (Phi) is 7.44. The van der Waals surface area contributed by atoms with Gasteiger partial charge < -0.3 is 10.4 Å². The monoisotopic (exact) mass is 303 g/mol. The molecule has 1 aliphatic heterocycles. The maximum Gasteiger partial charge on any atom is 0.303 e. The van der Waals surface area contributed by atoms with Gasteiger partial charge in [0.15, 0.2) is 0 Å². The Labute approximate surface area is 134 Å². The minimum absolute atomic E-state index is 0.327. The first-order chi connectivity index (χ1) is 10.8. The summed E-state index contributed by atoms with van der Waals surface area (Å²) < 4.78 is 0. The van der Waals surface area contributed by atoms with Crippen LogP contribution in [0.15, 0.2) is 18.2 Å². The molecule has 3 heteroatoms. The number of hydrogen-bond donors (Lipinski definition) is 2. The first kappa shape index (κ1) is 17.0.